The Morgan fingerprint density at radius 1 is 1.29 bits per heavy atom. The average molecular weight is 385 g/mol. The van der Waals surface area contributed by atoms with Crippen LogP contribution in [0.5, 0.6) is 0 Å². The molecule has 2 atom stereocenters. The summed E-state index contributed by atoms with van der Waals surface area (Å²) in [6.45, 7) is 4.42. The van der Waals surface area contributed by atoms with E-state index in [1.165, 1.54) is 0 Å². The Kier molecular flexibility index (Phi) is 5.84. The molecular weight excluding hydrogens is 358 g/mol. The first kappa shape index (κ1) is 20.1. The molecule has 2 heterocycles. The molecule has 0 saturated carbocycles. The van der Waals surface area contributed by atoms with Gasteiger partial charge < -0.3 is 15.1 Å². The van der Waals surface area contributed by atoms with Crippen molar-refractivity contribution in [2.45, 2.75) is 39.2 Å². The van der Waals surface area contributed by atoms with Gasteiger partial charge in [0.1, 0.15) is 5.41 Å². The second kappa shape index (κ2) is 8.14. The highest BCUT2D eigenvalue weighted by molar-refractivity contribution is 5.95. The number of carboxylic acid groups (broad SMARTS) is 1. The number of carboxylic acids is 1. The van der Waals surface area contributed by atoms with Gasteiger partial charge in [-0.3, -0.25) is 14.7 Å². The Hall–Kier alpha value is -2.67. The van der Waals surface area contributed by atoms with Gasteiger partial charge in [0.05, 0.1) is 11.8 Å². The lowest BCUT2D eigenvalue weighted by Crippen LogP contribution is -2.57. The molecule has 7 heteroatoms. The zero-order chi connectivity index (χ0) is 20.3. The van der Waals surface area contributed by atoms with E-state index >= 15 is 0 Å². The number of piperidine rings is 1. The summed E-state index contributed by atoms with van der Waals surface area (Å²) in [6.07, 6.45) is 2.02. The van der Waals surface area contributed by atoms with Gasteiger partial charge in [0, 0.05) is 24.8 Å². The number of benzene rings is 1. The van der Waals surface area contributed by atoms with E-state index < -0.39 is 17.5 Å². The monoisotopic (exact) mass is 385 g/mol. The van der Waals surface area contributed by atoms with Crippen molar-refractivity contribution < 1.29 is 19.8 Å². The van der Waals surface area contributed by atoms with Gasteiger partial charge in [-0.15, -0.1) is 0 Å². The highest BCUT2D eigenvalue weighted by atomic mass is 16.4. The Morgan fingerprint density at radius 3 is 2.57 bits per heavy atom. The number of aliphatic carboxylic acids is 1. The first-order valence-corrected chi connectivity index (χ1v) is 9.64. The lowest BCUT2D eigenvalue weighted by molar-refractivity contribution is -0.163. The number of aliphatic hydroxyl groups is 1. The van der Waals surface area contributed by atoms with Gasteiger partial charge in [-0.1, -0.05) is 26.0 Å². The first-order chi connectivity index (χ1) is 13.3. The molecule has 1 aromatic carbocycles. The zero-order valence-electron chi connectivity index (χ0n) is 16.3. The topological polar surface area (TPSA) is 107 Å². The molecule has 0 spiro atoms. The standard InChI is InChI=1S/C21H27N3O4/c1-14(2)7-10-21(20(27)28)13-24(12-9-18(21)25)19(26)16-5-3-15(4-6-16)17-8-11-22-23-17/h3-6,8,11,14,18,25H,7,9-10,12-13H2,1-2H3,(H,22,23)(H,27,28)/t18-,21+/m0/s1. The summed E-state index contributed by atoms with van der Waals surface area (Å²) in [4.78, 5) is 26.6. The van der Waals surface area contributed by atoms with Crippen LogP contribution < -0.4 is 0 Å². The third-order valence-corrected chi connectivity index (χ3v) is 5.61. The first-order valence-electron chi connectivity index (χ1n) is 9.64. The number of hydrogen-bond donors (Lipinski definition) is 3. The van der Waals surface area contributed by atoms with Crippen LogP contribution in [0, 0.1) is 11.3 Å². The third kappa shape index (κ3) is 3.94. The number of nitrogens with one attached hydrogen (secondary N) is 1. The molecule has 1 fully saturated rings. The molecule has 1 saturated heterocycles. The number of nitrogens with zero attached hydrogens (tertiary/aromatic N) is 2. The molecule has 1 amide bonds. The Balaban J connectivity index is 1.78. The summed E-state index contributed by atoms with van der Waals surface area (Å²) in [7, 11) is 0. The third-order valence-electron chi connectivity index (χ3n) is 5.61. The quantitative estimate of drug-likeness (QED) is 0.709. The number of H-pyrrole nitrogens is 1. The van der Waals surface area contributed by atoms with Gasteiger partial charge in [-0.25, -0.2) is 0 Å². The van der Waals surface area contributed by atoms with Crippen molar-refractivity contribution in [3.05, 3.63) is 42.1 Å². The molecular formula is C21H27N3O4. The lowest BCUT2D eigenvalue weighted by atomic mass is 9.72. The molecule has 7 nitrogen and oxygen atoms in total. The molecule has 3 rings (SSSR count). The minimum Gasteiger partial charge on any atom is -0.481 e. The van der Waals surface area contributed by atoms with Crippen LogP contribution in [0.3, 0.4) is 0 Å². The predicted octanol–water partition coefficient (Wildman–Crippen LogP) is 2.79. The highest BCUT2D eigenvalue weighted by Gasteiger charge is 2.49. The zero-order valence-corrected chi connectivity index (χ0v) is 16.3. The average Bonchev–Trinajstić information content (AvgIpc) is 3.21. The van der Waals surface area contributed by atoms with Crippen LogP contribution in [0.1, 0.15) is 43.5 Å². The van der Waals surface area contributed by atoms with Crippen molar-refractivity contribution in [2.75, 3.05) is 13.1 Å². The molecule has 1 aromatic heterocycles. The number of carbonyl (C=O) groups is 2. The van der Waals surface area contributed by atoms with E-state index in [-0.39, 0.29) is 18.9 Å². The van der Waals surface area contributed by atoms with E-state index in [0.717, 1.165) is 11.3 Å². The summed E-state index contributed by atoms with van der Waals surface area (Å²) in [6, 6.07) is 8.99. The fourth-order valence-corrected chi connectivity index (χ4v) is 3.75. The molecule has 1 aliphatic rings. The van der Waals surface area contributed by atoms with Gasteiger partial charge in [0.2, 0.25) is 0 Å². The van der Waals surface area contributed by atoms with Crippen molar-refractivity contribution in [1.29, 1.82) is 0 Å². The fraction of sp³-hybridized carbons (Fsp3) is 0.476. The maximum atomic E-state index is 13.0. The van der Waals surface area contributed by atoms with Crippen molar-refractivity contribution in [2.24, 2.45) is 11.3 Å². The smallest absolute Gasteiger partial charge is 0.314 e. The van der Waals surface area contributed by atoms with Crippen LogP contribution >= 0.6 is 0 Å². The molecule has 28 heavy (non-hydrogen) atoms. The molecule has 0 aliphatic carbocycles. The summed E-state index contributed by atoms with van der Waals surface area (Å²) in [5, 5.41) is 27.2. The summed E-state index contributed by atoms with van der Waals surface area (Å²) in [5.41, 5.74) is 0.968. The van der Waals surface area contributed by atoms with Crippen LogP contribution in [0.25, 0.3) is 11.3 Å². The molecule has 0 bridgehead atoms. The van der Waals surface area contributed by atoms with Crippen molar-refractivity contribution in [3.63, 3.8) is 0 Å². The van der Waals surface area contributed by atoms with Crippen molar-refractivity contribution in [1.82, 2.24) is 15.1 Å². The number of aliphatic hydroxyl groups excluding tert-OH is 1. The molecule has 1 aliphatic heterocycles. The van der Waals surface area contributed by atoms with E-state index in [9.17, 15) is 19.8 Å². The van der Waals surface area contributed by atoms with Crippen molar-refractivity contribution >= 4 is 11.9 Å². The number of aromatic amines is 1. The number of carbonyl (C=O) groups excluding carboxylic acids is 1. The van der Waals surface area contributed by atoms with Gasteiger partial charge in [0.25, 0.3) is 5.91 Å². The minimum atomic E-state index is -1.31. The number of amides is 1. The predicted molar refractivity (Wildman–Crippen MR) is 105 cm³/mol. The van der Waals surface area contributed by atoms with Gasteiger partial charge in [-0.05, 0) is 48.9 Å². The van der Waals surface area contributed by atoms with Crippen LogP contribution in [-0.2, 0) is 4.79 Å². The summed E-state index contributed by atoms with van der Waals surface area (Å²) >= 11 is 0. The second-order valence-electron chi connectivity index (χ2n) is 7.97. The van der Waals surface area contributed by atoms with Crippen LogP contribution in [0.2, 0.25) is 0 Å². The number of rotatable bonds is 6. The highest BCUT2D eigenvalue weighted by Crippen LogP contribution is 2.37. The molecule has 0 unspecified atom stereocenters. The minimum absolute atomic E-state index is 0.0252. The maximum Gasteiger partial charge on any atom is 0.314 e. The van der Waals surface area contributed by atoms with Gasteiger partial charge in [-0.2, -0.15) is 5.10 Å². The van der Waals surface area contributed by atoms with Crippen LogP contribution in [0.4, 0.5) is 0 Å². The maximum absolute atomic E-state index is 13.0. The molecule has 2 aromatic rings. The van der Waals surface area contributed by atoms with Crippen LogP contribution in [0.15, 0.2) is 36.5 Å². The number of hydrogen-bond acceptors (Lipinski definition) is 4. The van der Waals surface area contributed by atoms with E-state index in [4.69, 9.17) is 0 Å². The Bertz CT molecular complexity index is 817. The lowest BCUT2D eigenvalue weighted by Gasteiger charge is -2.43. The number of likely N-dealkylation sites (tertiary alicyclic amines) is 1. The van der Waals surface area contributed by atoms with Crippen molar-refractivity contribution in [3.8, 4) is 11.3 Å². The Morgan fingerprint density at radius 2 is 2.00 bits per heavy atom. The number of aromatic nitrogens is 2. The molecule has 150 valence electrons. The van der Waals surface area contributed by atoms with Gasteiger partial charge in [0.15, 0.2) is 0 Å². The molecule has 3 N–H and O–H groups in total. The largest absolute Gasteiger partial charge is 0.481 e. The van der Waals surface area contributed by atoms with Crippen LogP contribution in [-0.4, -0.2) is 56.4 Å². The van der Waals surface area contributed by atoms with Gasteiger partial charge >= 0.3 is 5.97 Å². The summed E-state index contributed by atoms with van der Waals surface area (Å²) in [5.74, 6) is -0.921. The van der Waals surface area contributed by atoms with E-state index in [0.29, 0.717) is 30.9 Å². The van der Waals surface area contributed by atoms with E-state index in [2.05, 4.69) is 10.2 Å². The Labute approximate surface area is 164 Å². The van der Waals surface area contributed by atoms with E-state index in [1.807, 2.05) is 32.0 Å². The SMILES string of the molecule is CC(C)CC[C@@]1(C(=O)O)CN(C(=O)c2ccc(-c3ccn[nH]3)cc2)CC[C@@H]1O. The molecule has 0 radical (unpaired) electrons. The summed E-state index contributed by atoms with van der Waals surface area (Å²) < 4.78 is 0. The second-order valence-corrected chi connectivity index (χ2v) is 7.97. The fourth-order valence-electron chi connectivity index (χ4n) is 3.75. The van der Waals surface area contributed by atoms with E-state index in [1.54, 1.807) is 23.2 Å². The normalized spacial score (nSPS) is 22.4.